The first-order valence-electron chi connectivity index (χ1n) is 10.6. The molecule has 0 aromatic heterocycles. The summed E-state index contributed by atoms with van der Waals surface area (Å²) in [6, 6.07) is 16.5. The first kappa shape index (κ1) is 21.3. The van der Waals surface area contributed by atoms with Gasteiger partial charge in [0.2, 0.25) is 5.91 Å². The number of carbonyl (C=O) groups excluding carboxylic acids is 1. The average molecular weight is 424 g/mol. The Hall–Kier alpha value is -2.90. The highest BCUT2D eigenvalue weighted by atomic mass is 16.5. The molecule has 1 amide bonds. The second-order valence-corrected chi connectivity index (χ2v) is 8.30. The van der Waals surface area contributed by atoms with Gasteiger partial charge in [0.05, 0.1) is 17.7 Å². The van der Waals surface area contributed by atoms with E-state index in [2.05, 4.69) is 5.32 Å². The number of rotatable bonds is 9. The molecule has 164 valence electrons. The summed E-state index contributed by atoms with van der Waals surface area (Å²) in [5.74, 6) is -0.311. The Labute approximate surface area is 182 Å². The average Bonchev–Trinajstić information content (AvgIpc) is 3.38. The number of hydrogen-bond acceptors (Lipinski definition) is 5. The van der Waals surface area contributed by atoms with Crippen molar-refractivity contribution in [2.45, 2.75) is 30.3 Å². The minimum Gasteiger partial charge on any atom is -0.492 e. The Bertz CT molecular complexity index is 936. The predicted octanol–water partition coefficient (Wildman–Crippen LogP) is 2.66. The number of nitrogens with one attached hydrogen (secondary N) is 1. The number of likely N-dealkylation sites (N-methyl/N-ethyl adjacent to an activating group) is 1. The fourth-order valence-corrected chi connectivity index (χ4v) is 4.25. The second-order valence-electron chi connectivity index (χ2n) is 8.30. The third-order valence-corrected chi connectivity index (χ3v) is 6.37. The van der Waals surface area contributed by atoms with Crippen LogP contribution in [0.1, 0.15) is 35.2 Å². The van der Waals surface area contributed by atoms with Gasteiger partial charge in [-0.25, -0.2) is 4.79 Å². The normalized spacial score (nSPS) is 21.6. The van der Waals surface area contributed by atoms with Gasteiger partial charge in [-0.3, -0.25) is 9.69 Å². The zero-order valence-corrected chi connectivity index (χ0v) is 17.7. The molecular weight excluding hydrogens is 396 g/mol. The number of aromatic carboxylic acids is 1. The predicted molar refractivity (Wildman–Crippen MR) is 115 cm³/mol. The molecule has 0 radical (unpaired) electrons. The van der Waals surface area contributed by atoms with Crippen LogP contribution >= 0.6 is 0 Å². The summed E-state index contributed by atoms with van der Waals surface area (Å²) < 4.78 is 11.4. The molecule has 4 rings (SSSR count). The van der Waals surface area contributed by atoms with Crippen LogP contribution < -0.4 is 10.1 Å². The van der Waals surface area contributed by atoms with Crippen molar-refractivity contribution in [1.29, 1.82) is 0 Å². The molecule has 2 N–H and O–H groups in total. The van der Waals surface area contributed by atoms with Crippen molar-refractivity contribution in [3.63, 3.8) is 0 Å². The monoisotopic (exact) mass is 424 g/mol. The molecule has 1 saturated carbocycles. The number of amides is 1. The number of carbonyl (C=O) groups is 2. The summed E-state index contributed by atoms with van der Waals surface area (Å²) in [7, 11) is 1.91. The van der Waals surface area contributed by atoms with Gasteiger partial charge in [0.15, 0.2) is 0 Å². The van der Waals surface area contributed by atoms with E-state index < -0.39 is 17.0 Å². The van der Waals surface area contributed by atoms with E-state index in [1.54, 1.807) is 18.2 Å². The molecule has 0 bridgehead atoms. The standard InChI is InChI=1S/C24H28N2O5/c1-26(14-16-31-18-7-3-2-4-8-18)24(13-15-30-17-24)22(29)25-23(11-12-23)20-10-6-5-9-19(20)21(27)28/h2-10H,11-17H2,1H3,(H,25,29)(H,27,28). The summed E-state index contributed by atoms with van der Waals surface area (Å²) >= 11 is 0. The summed E-state index contributed by atoms with van der Waals surface area (Å²) in [4.78, 5) is 27.2. The number of benzene rings is 2. The smallest absolute Gasteiger partial charge is 0.336 e. The van der Waals surface area contributed by atoms with Crippen molar-refractivity contribution >= 4 is 11.9 Å². The minimum absolute atomic E-state index is 0.120. The van der Waals surface area contributed by atoms with E-state index >= 15 is 0 Å². The molecule has 1 aliphatic heterocycles. The van der Waals surface area contributed by atoms with Crippen LogP contribution in [0.3, 0.4) is 0 Å². The Morgan fingerprint density at radius 2 is 1.81 bits per heavy atom. The van der Waals surface area contributed by atoms with E-state index in [9.17, 15) is 14.7 Å². The molecule has 0 spiro atoms. The number of ether oxygens (including phenoxy) is 2. The molecule has 7 heteroatoms. The van der Waals surface area contributed by atoms with Gasteiger partial charge in [0.1, 0.15) is 17.9 Å². The van der Waals surface area contributed by atoms with Crippen LogP contribution in [0.25, 0.3) is 0 Å². The van der Waals surface area contributed by atoms with Crippen LogP contribution in [0.15, 0.2) is 54.6 Å². The molecule has 1 heterocycles. The number of para-hydroxylation sites is 1. The van der Waals surface area contributed by atoms with E-state index in [4.69, 9.17) is 9.47 Å². The topological polar surface area (TPSA) is 88.1 Å². The Morgan fingerprint density at radius 1 is 1.10 bits per heavy atom. The molecule has 31 heavy (non-hydrogen) atoms. The van der Waals surface area contributed by atoms with Crippen LogP contribution in [0.5, 0.6) is 5.75 Å². The fraction of sp³-hybridized carbons (Fsp3) is 0.417. The number of carboxylic acid groups (broad SMARTS) is 1. The summed E-state index contributed by atoms with van der Waals surface area (Å²) in [5, 5.41) is 12.8. The maximum Gasteiger partial charge on any atom is 0.336 e. The van der Waals surface area contributed by atoms with Crippen molar-refractivity contribution in [2.24, 2.45) is 0 Å². The van der Waals surface area contributed by atoms with Crippen molar-refractivity contribution in [3.05, 3.63) is 65.7 Å². The lowest BCUT2D eigenvalue weighted by molar-refractivity contribution is -0.134. The molecule has 1 saturated heterocycles. The quantitative estimate of drug-likeness (QED) is 0.644. The van der Waals surface area contributed by atoms with Gasteiger partial charge in [-0.15, -0.1) is 0 Å². The molecular formula is C24H28N2O5. The second kappa shape index (κ2) is 8.69. The molecule has 2 aromatic rings. The van der Waals surface area contributed by atoms with Gasteiger partial charge in [-0.05, 0) is 43.7 Å². The number of carboxylic acids is 1. The van der Waals surface area contributed by atoms with Crippen LogP contribution in [0.2, 0.25) is 0 Å². The molecule has 1 aliphatic carbocycles. The molecule has 2 fully saturated rings. The van der Waals surface area contributed by atoms with Crippen molar-refractivity contribution in [1.82, 2.24) is 10.2 Å². The summed E-state index contributed by atoms with van der Waals surface area (Å²) in [6.07, 6.45) is 2.03. The van der Waals surface area contributed by atoms with Crippen LogP contribution in [-0.4, -0.2) is 60.8 Å². The van der Waals surface area contributed by atoms with Crippen LogP contribution in [0.4, 0.5) is 0 Å². The SMILES string of the molecule is CN(CCOc1ccccc1)C1(C(=O)NC2(c3ccccc3C(=O)O)CC2)CCOC1. The van der Waals surface area contributed by atoms with Crippen molar-refractivity contribution in [2.75, 3.05) is 33.4 Å². The molecule has 1 atom stereocenters. The lowest BCUT2D eigenvalue weighted by atomic mass is 9.92. The van der Waals surface area contributed by atoms with Gasteiger partial charge in [-0.1, -0.05) is 36.4 Å². The summed E-state index contributed by atoms with van der Waals surface area (Å²) in [5.41, 5.74) is -0.516. The van der Waals surface area contributed by atoms with E-state index in [0.29, 0.717) is 38.3 Å². The third-order valence-electron chi connectivity index (χ3n) is 6.37. The molecule has 1 unspecified atom stereocenters. The molecule has 2 aliphatic rings. The van der Waals surface area contributed by atoms with E-state index in [0.717, 1.165) is 18.6 Å². The highest BCUT2D eigenvalue weighted by Crippen LogP contribution is 2.47. The lowest BCUT2D eigenvalue weighted by Crippen LogP contribution is -2.60. The maximum atomic E-state index is 13.5. The van der Waals surface area contributed by atoms with Crippen molar-refractivity contribution in [3.8, 4) is 5.75 Å². The molecule has 7 nitrogen and oxygen atoms in total. The third kappa shape index (κ3) is 4.29. The van der Waals surface area contributed by atoms with E-state index in [-0.39, 0.29) is 11.5 Å². The van der Waals surface area contributed by atoms with Crippen LogP contribution in [-0.2, 0) is 15.1 Å². The van der Waals surface area contributed by atoms with Gasteiger partial charge in [-0.2, -0.15) is 0 Å². The van der Waals surface area contributed by atoms with Crippen molar-refractivity contribution < 1.29 is 24.2 Å². The van der Waals surface area contributed by atoms with Gasteiger partial charge >= 0.3 is 5.97 Å². The van der Waals surface area contributed by atoms with Gasteiger partial charge < -0.3 is 19.9 Å². The highest BCUT2D eigenvalue weighted by molar-refractivity contribution is 5.92. The number of nitrogens with zero attached hydrogens (tertiary/aromatic N) is 1. The Kier molecular flexibility index (Phi) is 5.98. The van der Waals surface area contributed by atoms with E-state index in [1.807, 2.05) is 48.3 Å². The van der Waals surface area contributed by atoms with Crippen LogP contribution in [0, 0.1) is 0 Å². The zero-order chi connectivity index (χ0) is 21.9. The Balaban J connectivity index is 1.47. The lowest BCUT2D eigenvalue weighted by Gasteiger charge is -2.37. The largest absolute Gasteiger partial charge is 0.492 e. The maximum absolute atomic E-state index is 13.5. The fourth-order valence-electron chi connectivity index (χ4n) is 4.25. The summed E-state index contributed by atoms with van der Waals surface area (Å²) in [6.45, 7) is 1.82. The van der Waals surface area contributed by atoms with E-state index in [1.165, 1.54) is 0 Å². The molecule has 2 aromatic carbocycles. The minimum atomic E-state index is -0.981. The Morgan fingerprint density at radius 3 is 2.45 bits per heavy atom. The highest BCUT2D eigenvalue weighted by Gasteiger charge is 2.53. The number of hydrogen-bond donors (Lipinski definition) is 2. The first-order chi connectivity index (χ1) is 15.0. The first-order valence-corrected chi connectivity index (χ1v) is 10.6. The van der Waals surface area contributed by atoms with Gasteiger partial charge in [0, 0.05) is 19.6 Å². The van der Waals surface area contributed by atoms with Gasteiger partial charge in [0.25, 0.3) is 0 Å². The zero-order valence-electron chi connectivity index (χ0n) is 17.7.